The third-order valence-corrected chi connectivity index (χ3v) is 4.57. The van der Waals surface area contributed by atoms with Gasteiger partial charge >= 0.3 is 5.97 Å². The van der Waals surface area contributed by atoms with Crippen molar-refractivity contribution < 1.29 is 9.90 Å². The predicted molar refractivity (Wildman–Crippen MR) is 99.0 cm³/mol. The average molecular weight is 322 g/mol. The van der Waals surface area contributed by atoms with Gasteiger partial charge in [0.1, 0.15) is 0 Å². The molecular weight excluding hydrogens is 286 g/mol. The number of unbranched alkanes of at least 4 members (excludes halogenated alkanes) is 2. The SMILES string of the molecule is CCCCC(C)C(C)(C(=O)O)c1ccccc1.CCCCNC. The van der Waals surface area contributed by atoms with Crippen LogP contribution in [0.4, 0.5) is 0 Å². The van der Waals surface area contributed by atoms with E-state index in [1.54, 1.807) is 0 Å². The Morgan fingerprint density at radius 2 is 1.74 bits per heavy atom. The molecule has 3 nitrogen and oxygen atoms in total. The number of carboxylic acids is 1. The van der Waals surface area contributed by atoms with Gasteiger partial charge in [0.25, 0.3) is 0 Å². The van der Waals surface area contributed by atoms with Crippen molar-refractivity contribution in [2.24, 2.45) is 5.92 Å². The summed E-state index contributed by atoms with van der Waals surface area (Å²) in [6.07, 6.45) is 5.73. The monoisotopic (exact) mass is 321 g/mol. The van der Waals surface area contributed by atoms with Crippen LogP contribution in [-0.4, -0.2) is 24.7 Å². The summed E-state index contributed by atoms with van der Waals surface area (Å²) in [6, 6.07) is 9.56. The first-order valence-corrected chi connectivity index (χ1v) is 8.88. The molecule has 0 aliphatic heterocycles. The largest absolute Gasteiger partial charge is 0.481 e. The van der Waals surface area contributed by atoms with Crippen LogP contribution < -0.4 is 5.32 Å². The van der Waals surface area contributed by atoms with Gasteiger partial charge in [-0.1, -0.05) is 70.4 Å². The minimum atomic E-state index is -0.781. The van der Waals surface area contributed by atoms with Gasteiger partial charge in [-0.25, -0.2) is 0 Å². The van der Waals surface area contributed by atoms with Crippen molar-refractivity contribution in [3.05, 3.63) is 35.9 Å². The summed E-state index contributed by atoms with van der Waals surface area (Å²) >= 11 is 0. The molecule has 0 saturated carbocycles. The Morgan fingerprint density at radius 3 is 2.13 bits per heavy atom. The topological polar surface area (TPSA) is 49.3 Å². The summed E-state index contributed by atoms with van der Waals surface area (Å²) < 4.78 is 0. The summed E-state index contributed by atoms with van der Waals surface area (Å²) in [5.41, 5.74) is 0.118. The molecule has 3 heteroatoms. The van der Waals surface area contributed by atoms with Gasteiger partial charge in [0.2, 0.25) is 0 Å². The summed E-state index contributed by atoms with van der Waals surface area (Å²) in [5, 5.41) is 12.6. The molecule has 23 heavy (non-hydrogen) atoms. The van der Waals surface area contributed by atoms with Crippen molar-refractivity contribution in [2.75, 3.05) is 13.6 Å². The zero-order valence-corrected chi connectivity index (χ0v) is 15.6. The first-order chi connectivity index (χ1) is 10.9. The minimum absolute atomic E-state index is 0.141. The Labute approximate surface area is 142 Å². The van der Waals surface area contributed by atoms with E-state index in [-0.39, 0.29) is 5.92 Å². The third-order valence-electron chi connectivity index (χ3n) is 4.57. The van der Waals surface area contributed by atoms with E-state index in [9.17, 15) is 9.90 Å². The van der Waals surface area contributed by atoms with E-state index in [4.69, 9.17) is 0 Å². The summed E-state index contributed by atoms with van der Waals surface area (Å²) in [4.78, 5) is 11.6. The van der Waals surface area contributed by atoms with E-state index < -0.39 is 11.4 Å². The van der Waals surface area contributed by atoms with Crippen LogP contribution in [-0.2, 0) is 10.2 Å². The standard InChI is InChI=1S/C15H22O2.C5H13N/c1-4-5-9-12(2)15(3,14(16)17)13-10-7-6-8-11-13;1-3-4-5-6-2/h6-8,10-12H,4-5,9H2,1-3H3,(H,16,17);6H,3-5H2,1-2H3. The summed E-state index contributed by atoms with van der Waals surface area (Å²) in [6.45, 7) is 9.36. The second-order valence-electron chi connectivity index (χ2n) is 6.37. The lowest BCUT2D eigenvalue weighted by Crippen LogP contribution is -2.39. The van der Waals surface area contributed by atoms with Crippen LogP contribution in [0.2, 0.25) is 0 Å². The predicted octanol–water partition coefficient (Wildman–Crippen LogP) is 4.86. The highest BCUT2D eigenvalue weighted by molar-refractivity contribution is 5.81. The van der Waals surface area contributed by atoms with E-state index in [0.29, 0.717) is 0 Å². The molecule has 0 aromatic heterocycles. The van der Waals surface area contributed by atoms with Crippen LogP contribution in [0.25, 0.3) is 0 Å². The van der Waals surface area contributed by atoms with E-state index in [0.717, 1.165) is 31.4 Å². The van der Waals surface area contributed by atoms with Crippen LogP contribution in [0.5, 0.6) is 0 Å². The van der Waals surface area contributed by atoms with Crippen LogP contribution in [0, 0.1) is 5.92 Å². The molecular formula is C20H35NO2. The summed E-state index contributed by atoms with van der Waals surface area (Å²) in [5.74, 6) is -0.588. The third kappa shape index (κ3) is 7.17. The Hall–Kier alpha value is -1.35. The van der Waals surface area contributed by atoms with Crippen molar-refractivity contribution in [3.8, 4) is 0 Å². The molecule has 0 heterocycles. The van der Waals surface area contributed by atoms with Gasteiger partial charge in [0.05, 0.1) is 5.41 Å². The number of hydrogen-bond acceptors (Lipinski definition) is 2. The molecule has 132 valence electrons. The molecule has 0 bridgehead atoms. The molecule has 2 atom stereocenters. The fourth-order valence-corrected chi connectivity index (χ4v) is 2.56. The van der Waals surface area contributed by atoms with Crippen molar-refractivity contribution >= 4 is 5.97 Å². The lowest BCUT2D eigenvalue weighted by atomic mass is 9.71. The maximum absolute atomic E-state index is 11.6. The second-order valence-corrected chi connectivity index (χ2v) is 6.37. The highest BCUT2D eigenvalue weighted by atomic mass is 16.4. The maximum atomic E-state index is 11.6. The number of hydrogen-bond donors (Lipinski definition) is 2. The van der Waals surface area contributed by atoms with Crippen LogP contribution >= 0.6 is 0 Å². The van der Waals surface area contributed by atoms with Crippen LogP contribution in [0.15, 0.2) is 30.3 Å². The number of benzene rings is 1. The van der Waals surface area contributed by atoms with Gasteiger partial charge in [-0.15, -0.1) is 0 Å². The lowest BCUT2D eigenvalue weighted by Gasteiger charge is -2.32. The average Bonchev–Trinajstić information content (AvgIpc) is 2.58. The Bertz CT molecular complexity index is 415. The lowest BCUT2D eigenvalue weighted by molar-refractivity contribution is -0.145. The van der Waals surface area contributed by atoms with Crippen molar-refractivity contribution in [3.63, 3.8) is 0 Å². The van der Waals surface area contributed by atoms with Gasteiger partial charge in [-0.2, -0.15) is 0 Å². The van der Waals surface area contributed by atoms with Crippen LogP contribution in [0.1, 0.15) is 65.4 Å². The number of aliphatic carboxylic acids is 1. The molecule has 2 unspecified atom stereocenters. The molecule has 1 rings (SSSR count). The van der Waals surface area contributed by atoms with Crippen molar-refractivity contribution in [1.82, 2.24) is 5.32 Å². The molecule has 0 aliphatic rings. The Morgan fingerprint density at radius 1 is 1.17 bits per heavy atom. The fraction of sp³-hybridized carbons (Fsp3) is 0.650. The molecule has 0 radical (unpaired) electrons. The van der Waals surface area contributed by atoms with Crippen molar-refractivity contribution in [2.45, 2.75) is 65.2 Å². The van der Waals surface area contributed by atoms with E-state index in [2.05, 4.69) is 19.2 Å². The smallest absolute Gasteiger partial charge is 0.314 e. The molecule has 0 spiro atoms. The second kappa shape index (κ2) is 12.1. The Kier molecular flexibility index (Phi) is 11.4. The maximum Gasteiger partial charge on any atom is 0.314 e. The number of carboxylic acid groups (broad SMARTS) is 1. The zero-order valence-electron chi connectivity index (χ0n) is 15.6. The highest BCUT2D eigenvalue weighted by Crippen LogP contribution is 2.35. The first-order valence-electron chi connectivity index (χ1n) is 8.88. The Balaban J connectivity index is 0.000000688. The summed E-state index contributed by atoms with van der Waals surface area (Å²) in [7, 11) is 1.98. The molecule has 0 saturated heterocycles. The zero-order chi connectivity index (χ0) is 17.7. The van der Waals surface area contributed by atoms with Gasteiger partial charge in [0.15, 0.2) is 0 Å². The van der Waals surface area contributed by atoms with Gasteiger partial charge < -0.3 is 10.4 Å². The van der Waals surface area contributed by atoms with Gasteiger partial charge in [-0.05, 0) is 44.8 Å². The first kappa shape index (κ1) is 21.6. The fourth-order valence-electron chi connectivity index (χ4n) is 2.56. The van der Waals surface area contributed by atoms with E-state index in [1.807, 2.05) is 51.2 Å². The molecule has 0 aliphatic carbocycles. The highest BCUT2D eigenvalue weighted by Gasteiger charge is 2.40. The number of carbonyl (C=O) groups is 1. The molecule has 0 fully saturated rings. The van der Waals surface area contributed by atoms with Crippen LogP contribution in [0.3, 0.4) is 0 Å². The van der Waals surface area contributed by atoms with Gasteiger partial charge in [-0.3, -0.25) is 4.79 Å². The normalized spacial score (nSPS) is 14.3. The molecule has 2 N–H and O–H groups in total. The van der Waals surface area contributed by atoms with E-state index >= 15 is 0 Å². The molecule has 1 aromatic carbocycles. The molecule has 0 amide bonds. The minimum Gasteiger partial charge on any atom is -0.481 e. The van der Waals surface area contributed by atoms with E-state index in [1.165, 1.54) is 12.8 Å². The van der Waals surface area contributed by atoms with Gasteiger partial charge in [0, 0.05) is 0 Å². The number of rotatable bonds is 9. The number of nitrogens with one attached hydrogen (secondary N) is 1. The quantitative estimate of drug-likeness (QED) is 0.638. The molecule has 1 aromatic rings. The van der Waals surface area contributed by atoms with Crippen molar-refractivity contribution in [1.29, 1.82) is 0 Å².